The number of hydrogen-bond donors (Lipinski definition) is 0. The number of rotatable bonds is 6. The zero-order valence-corrected chi connectivity index (χ0v) is 20.6. The van der Waals surface area contributed by atoms with E-state index >= 15 is 0 Å². The van der Waals surface area contributed by atoms with Crippen LogP contribution < -0.4 is 0 Å². The lowest BCUT2D eigenvalue weighted by molar-refractivity contribution is -0.384. The molecule has 0 N–H and O–H groups in total. The number of nitro groups is 1. The first kappa shape index (κ1) is 23.8. The van der Waals surface area contributed by atoms with Crippen LogP contribution >= 0.6 is 23.2 Å². The minimum absolute atomic E-state index is 0.0272. The van der Waals surface area contributed by atoms with E-state index in [4.69, 9.17) is 23.2 Å². The predicted octanol–water partition coefficient (Wildman–Crippen LogP) is 4.19. The second-order valence-electron chi connectivity index (χ2n) is 9.87. The van der Waals surface area contributed by atoms with Crippen molar-refractivity contribution in [2.75, 3.05) is 6.54 Å². The molecular weight excluding hydrogens is 521 g/mol. The summed E-state index contributed by atoms with van der Waals surface area (Å²) in [6, 6.07) is 9.16. The van der Waals surface area contributed by atoms with Gasteiger partial charge in [-0.1, -0.05) is 47.5 Å². The molecule has 7 rings (SSSR count). The quantitative estimate of drug-likeness (QED) is 0.178. The van der Waals surface area contributed by atoms with Crippen LogP contribution in [0.5, 0.6) is 0 Å². The normalized spacial score (nSPS) is 28.6. The SMILES string of the molecule is O=C(CN(C(=O)c1ccc(Cl)c(Cl)c1)N1C(=O)[C@@H]2[C@@H]3C=C[C@H]([C@@H]4C[C@H]34)[C@H]2C1=O)c1cccc([N+](=O)[O-])c1. The molecule has 2 aromatic rings. The van der Waals surface area contributed by atoms with Gasteiger partial charge in [0.2, 0.25) is 0 Å². The van der Waals surface area contributed by atoms with Crippen LogP contribution in [-0.2, 0) is 9.59 Å². The Labute approximate surface area is 220 Å². The Hall–Kier alpha value is -3.56. The Balaban J connectivity index is 1.37. The minimum atomic E-state index is -0.789. The molecule has 2 bridgehead atoms. The van der Waals surface area contributed by atoms with Crippen LogP contribution in [0.2, 0.25) is 10.0 Å². The molecule has 0 aromatic heterocycles. The number of non-ortho nitro benzene ring substituents is 1. The average molecular weight is 540 g/mol. The van der Waals surface area contributed by atoms with Gasteiger partial charge in [-0.05, 0) is 48.3 Å². The molecule has 1 heterocycles. The van der Waals surface area contributed by atoms with Crippen molar-refractivity contribution in [3.8, 4) is 0 Å². The van der Waals surface area contributed by atoms with Gasteiger partial charge in [0.15, 0.2) is 5.78 Å². The van der Waals surface area contributed by atoms with Crippen LogP contribution in [0.3, 0.4) is 0 Å². The molecule has 4 aliphatic carbocycles. The average Bonchev–Trinajstić information content (AvgIpc) is 3.67. The van der Waals surface area contributed by atoms with E-state index in [1.807, 2.05) is 12.2 Å². The molecule has 188 valence electrons. The van der Waals surface area contributed by atoms with Crippen molar-refractivity contribution in [3.63, 3.8) is 0 Å². The van der Waals surface area contributed by atoms with Crippen LogP contribution in [0.15, 0.2) is 54.6 Å². The molecule has 3 amide bonds. The summed E-state index contributed by atoms with van der Waals surface area (Å²) in [5.41, 5.74) is -0.296. The number of ketones is 1. The third-order valence-electron chi connectivity index (χ3n) is 7.95. The largest absolute Gasteiger partial charge is 0.292 e. The van der Waals surface area contributed by atoms with Gasteiger partial charge in [0, 0.05) is 23.3 Å². The van der Waals surface area contributed by atoms with Crippen LogP contribution in [0.1, 0.15) is 27.1 Å². The fourth-order valence-electron chi connectivity index (χ4n) is 6.21. The van der Waals surface area contributed by atoms with Crippen molar-refractivity contribution in [2.24, 2.45) is 35.5 Å². The van der Waals surface area contributed by atoms with E-state index in [9.17, 15) is 29.3 Å². The predicted molar refractivity (Wildman–Crippen MR) is 131 cm³/mol. The van der Waals surface area contributed by atoms with Crippen LogP contribution in [0, 0.1) is 45.6 Å². The monoisotopic (exact) mass is 539 g/mol. The van der Waals surface area contributed by atoms with Crippen molar-refractivity contribution >= 4 is 52.4 Å². The molecular formula is C26H19Cl2N3O6. The number of benzene rings is 2. The van der Waals surface area contributed by atoms with Crippen molar-refractivity contribution in [3.05, 3.63) is 85.9 Å². The molecule has 6 atom stereocenters. The van der Waals surface area contributed by atoms with E-state index in [0.29, 0.717) is 11.8 Å². The zero-order chi connectivity index (χ0) is 26.2. The standard InChI is InChI=1S/C26H19Cl2N3O6/c27-19-7-4-13(9-20(19)28)24(33)29(11-21(32)12-2-1-3-14(8-12)31(36)37)30-25(34)22-15-5-6-16(18-10-17(15)18)23(22)26(30)35/h1-9,15-18,22-23H,10-11H2/t15-,16-,17-,18+,22-,23-/m1/s1. The van der Waals surface area contributed by atoms with E-state index in [1.165, 1.54) is 36.4 Å². The highest BCUT2D eigenvalue weighted by Gasteiger charge is 2.68. The molecule has 11 heteroatoms. The molecule has 2 saturated carbocycles. The van der Waals surface area contributed by atoms with Gasteiger partial charge >= 0.3 is 0 Å². The Morgan fingerprint density at radius 3 is 2.19 bits per heavy atom. The van der Waals surface area contributed by atoms with Gasteiger partial charge in [0.05, 0.1) is 26.8 Å². The minimum Gasteiger partial charge on any atom is -0.292 e. The summed E-state index contributed by atoms with van der Waals surface area (Å²) in [5, 5.41) is 13.1. The Morgan fingerprint density at radius 2 is 1.59 bits per heavy atom. The maximum Gasteiger partial charge on any atom is 0.273 e. The highest BCUT2D eigenvalue weighted by molar-refractivity contribution is 6.42. The maximum atomic E-state index is 13.7. The molecule has 0 radical (unpaired) electrons. The summed E-state index contributed by atoms with van der Waals surface area (Å²) in [5.74, 6) is -3.07. The lowest BCUT2D eigenvalue weighted by Gasteiger charge is -2.37. The van der Waals surface area contributed by atoms with Crippen molar-refractivity contribution in [2.45, 2.75) is 6.42 Å². The number of carbonyl (C=O) groups is 4. The Kier molecular flexibility index (Phi) is 5.47. The number of halogens is 2. The number of nitrogens with zero attached hydrogens (tertiary/aromatic N) is 3. The first-order valence-electron chi connectivity index (χ1n) is 11.8. The third-order valence-corrected chi connectivity index (χ3v) is 8.69. The maximum absolute atomic E-state index is 13.7. The lowest BCUT2D eigenvalue weighted by Crippen LogP contribution is -2.52. The summed E-state index contributed by atoms with van der Waals surface area (Å²) in [7, 11) is 0. The summed E-state index contributed by atoms with van der Waals surface area (Å²) in [6.07, 6.45) is 5.00. The number of Topliss-reactive ketones (excluding diaryl/α,β-unsaturated/α-hetero) is 1. The van der Waals surface area contributed by atoms with E-state index in [1.54, 1.807) is 0 Å². The number of amides is 3. The van der Waals surface area contributed by atoms with Crippen molar-refractivity contribution in [1.29, 1.82) is 0 Å². The van der Waals surface area contributed by atoms with Gasteiger partial charge in [0.1, 0.15) is 6.54 Å². The Bertz CT molecular complexity index is 1410. The Morgan fingerprint density at radius 1 is 0.946 bits per heavy atom. The number of allylic oxidation sites excluding steroid dienone is 2. The van der Waals surface area contributed by atoms with Gasteiger partial charge in [-0.25, -0.2) is 5.01 Å². The second kappa shape index (κ2) is 8.49. The molecule has 3 fully saturated rings. The van der Waals surface area contributed by atoms with Crippen LogP contribution in [0.4, 0.5) is 5.69 Å². The van der Waals surface area contributed by atoms with Gasteiger partial charge in [-0.3, -0.25) is 29.3 Å². The van der Waals surface area contributed by atoms with E-state index < -0.39 is 46.8 Å². The molecule has 1 saturated heterocycles. The highest BCUT2D eigenvalue weighted by atomic mass is 35.5. The highest BCUT2D eigenvalue weighted by Crippen LogP contribution is 2.65. The zero-order valence-electron chi connectivity index (χ0n) is 19.1. The molecule has 0 spiro atoms. The molecule has 0 unspecified atom stereocenters. The summed E-state index contributed by atoms with van der Waals surface area (Å²) in [4.78, 5) is 64.9. The van der Waals surface area contributed by atoms with Gasteiger partial charge in [-0.15, -0.1) is 0 Å². The number of carbonyl (C=O) groups excluding carboxylic acids is 4. The second-order valence-corrected chi connectivity index (χ2v) is 10.7. The number of nitro benzene ring substituents is 1. The fourth-order valence-corrected chi connectivity index (χ4v) is 6.51. The van der Waals surface area contributed by atoms with E-state index in [0.717, 1.165) is 22.5 Å². The van der Waals surface area contributed by atoms with Crippen molar-refractivity contribution in [1.82, 2.24) is 10.0 Å². The van der Waals surface area contributed by atoms with Crippen molar-refractivity contribution < 1.29 is 24.1 Å². The summed E-state index contributed by atoms with van der Waals surface area (Å²) >= 11 is 12.1. The number of hydrogen-bond acceptors (Lipinski definition) is 6. The van der Waals surface area contributed by atoms with E-state index in [2.05, 4.69) is 0 Å². The summed E-state index contributed by atoms with van der Waals surface area (Å²) < 4.78 is 0. The first-order chi connectivity index (χ1) is 17.7. The molecule has 1 aliphatic heterocycles. The summed E-state index contributed by atoms with van der Waals surface area (Å²) in [6.45, 7) is -0.674. The van der Waals surface area contributed by atoms with Gasteiger partial charge in [0.25, 0.3) is 23.4 Å². The fraction of sp³-hybridized carbons (Fsp3) is 0.308. The third kappa shape index (κ3) is 3.67. The lowest BCUT2D eigenvalue weighted by atomic mass is 9.63. The molecule has 2 aromatic carbocycles. The smallest absolute Gasteiger partial charge is 0.273 e. The number of imide groups is 1. The first-order valence-corrected chi connectivity index (χ1v) is 12.5. The van der Waals surface area contributed by atoms with Crippen LogP contribution in [-0.4, -0.2) is 45.0 Å². The molecule has 9 nitrogen and oxygen atoms in total. The van der Waals surface area contributed by atoms with Gasteiger partial charge < -0.3 is 0 Å². The molecule has 5 aliphatic rings. The molecule has 37 heavy (non-hydrogen) atoms. The number of hydrazine groups is 1. The van der Waals surface area contributed by atoms with Crippen LogP contribution in [0.25, 0.3) is 0 Å². The van der Waals surface area contributed by atoms with E-state index in [-0.39, 0.29) is 38.7 Å². The van der Waals surface area contributed by atoms with Gasteiger partial charge in [-0.2, -0.15) is 5.01 Å². The topological polar surface area (TPSA) is 118 Å².